The molecule has 1 aromatic carbocycles. The topological polar surface area (TPSA) is 110 Å². The second kappa shape index (κ2) is 8.35. The van der Waals surface area contributed by atoms with Gasteiger partial charge in [0.25, 0.3) is 0 Å². The fraction of sp³-hybridized carbons (Fsp3) is 0.350. The van der Waals surface area contributed by atoms with E-state index in [0.29, 0.717) is 0 Å². The minimum atomic E-state index is -3.98. The number of rotatable bonds is 5. The van der Waals surface area contributed by atoms with Crippen molar-refractivity contribution >= 4 is 39.3 Å². The first-order valence-corrected chi connectivity index (χ1v) is 11.3. The number of β-lactam (4-membered cyclic amide) rings is 1. The average Bonchev–Trinajstić information content (AvgIpc) is 2.70. The van der Waals surface area contributed by atoms with E-state index < -0.39 is 38.4 Å². The molecule has 1 amide bonds. The summed E-state index contributed by atoms with van der Waals surface area (Å²) in [6.45, 7) is 3.34. The lowest BCUT2D eigenvalue weighted by Gasteiger charge is -2.47. The summed E-state index contributed by atoms with van der Waals surface area (Å²) in [5, 5.41) is -2.68. The Kier molecular flexibility index (Phi) is 6.15. The van der Waals surface area contributed by atoms with Gasteiger partial charge in [0.05, 0.1) is 17.1 Å². The molecule has 0 saturated carbocycles. The standard InChI is InChI=1S/C20H21ClN2O7S/c1-5-29-19(25)12-6-8-13(9-7-12)30-20(26)16-11(2)14(10-22(3)4)31(27,28)18-15(21)17(24)23(16)18/h6-10,15,18H,5H2,1-4H3/b14-10+/t15-,18+/m0/s1. The van der Waals surface area contributed by atoms with Crippen molar-refractivity contribution in [2.24, 2.45) is 0 Å². The van der Waals surface area contributed by atoms with Crippen molar-refractivity contribution in [2.75, 3.05) is 20.7 Å². The maximum Gasteiger partial charge on any atom is 0.360 e. The van der Waals surface area contributed by atoms with Crippen LogP contribution in [0.5, 0.6) is 5.75 Å². The molecule has 2 heterocycles. The number of fused-ring (bicyclic) bond motifs is 1. The number of allylic oxidation sites excluding steroid dienone is 1. The van der Waals surface area contributed by atoms with E-state index in [1.165, 1.54) is 42.3 Å². The zero-order chi connectivity index (χ0) is 23.1. The van der Waals surface area contributed by atoms with Crippen LogP contribution in [-0.4, -0.2) is 67.5 Å². The number of halogens is 1. The Morgan fingerprint density at radius 3 is 2.35 bits per heavy atom. The molecule has 0 unspecified atom stereocenters. The monoisotopic (exact) mass is 468 g/mol. The van der Waals surface area contributed by atoms with Crippen molar-refractivity contribution in [3.8, 4) is 5.75 Å². The highest BCUT2D eigenvalue weighted by Crippen LogP contribution is 2.44. The molecule has 2 atom stereocenters. The molecule has 11 heteroatoms. The lowest BCUT2D eigenvalue weighted by Crippen LogP contribution is -2.67. The van der Waals surface area contributed by atoms with Crippen LogP contribution >= 0.6 is 11.6 Å². The molecule has 1 fully saturated rings. The van der Waals surface area contributed by atoms with Gasteiger partial charge in [-0.15, -0.1) is 11.6 Å². The van der Waals surface area contributed by atoms with Crippen molar-refractivity contribution < 1.29 is 32.3 Å². The van der Waals surface area contributed by atoms with E-state index in [1.54, 1.807) is 21.0 Å². The van der Waals surface area contributed by atoms with Gasteiger partial charge in [-0.05, 0) is 38.1 Å². The Balaban J connectivity index is 1.97. The van der Waals surface area contributed by atoms with Gasteiger partial charge in [0.1, 0.15) is 16.8 Å². The zero-order valence-electron chi connectivity index (χ0n) is 17.3. The van der Waals surface area contributed by atoms with Crippen LogP contribution in [-0.2, 0) is 24.2 Å². The summed E-state index contributed by atoms with van der Waals surface area (Å²) in [5.41, 5.74) is 0.166. The van der Waals surface area contributed by atoms with E-state index in [2.05, 4.69) is 0 Å². The average molecular weight is 469 g/mol. The molecule has 1 saturated heterocycles. The number of carbonyl (C=O) groups is 3. The first-order valence-electron chi connectivity index (χ1n) is 9.30. The molecule has 0 aromatic heterocycles. The van der Waals surface area contributed by atoms with E-state index in [-0.39, 0.29) is 34.1 Å². The molecular formula is C20H21ClN2O7S. The molecule has 31 heavy (non-hydrogen) atoms. The quantitative estimate of drug-likeness (QED) is 0.277. The van der Waals surface area contributed by atoms with Crippen LogP contribution in [0, 0.1) is 0 Å². The molecule has 9 nitrogen and oxygen atoms in total. The number of amides is 1. The van der Waals surface area contributed by atoms with Gasteiger partial charge in [-0.1, -0.05) is 0 Å². The molecule has 166 valence electrons. The van der Waals surface area contributed by atoms with Crippen LogP contribution in [0.4, 0.5) is 0 Å². The number of carbonyl (C=O) groups excluding carboxylic acids is 3. The Hall–Kier alpha value is -2.85. The van der Waals surface area contributed by atoms with Crippen LogP contribution < -0.4 is 4.74 Å². The Morgan fingerprint density at radius 1 is 1.19 bits per heavy atom. The highest BCUT2D eigenvalue weighted by Gasteiger charge is 2.60. The van der Waals surface area contributed by atoms with Gasteiger partial charge in [-0.25, -0.2) is 18.0 Å². The lowest BCUT2D eigenvalue weighted by molar-refractivity contribution is -0.144. The molecule has 2 aliphatic heterocycles. The summed E-state index contributed by atoms with van der Waals surface area (Å²) >= 11 is 5.98. The number of ether oxygens (including phenoxy) is 2. The summed E-state index contributed by atoms with van der Waals surface area (Å²) in [6.07, 6.45) is 1.36. The van der Waals surface area contributed by atoms with Crippen molar-refractivity contribution in [3.63, 3.8) is 0 Å². The third-order valence-electron chi connectivity index (χ3n) is 4.71. The molecular weight excluding hydrogens is 448 g/mol. The van der Waals surface area contributed by atoms with Gasteiger partial charge in [0, 0.05) is 25.9 Å². The van der Waals surface area contributed by atoms with E-state index in [9.17, 15) is 22.8 Å². The molecule has 0 bridgehead atoms. The fourth-order valence-corrected chi connectivity index (χ4v) is 5.97. The maximum atomic E-state index is 13.0. The summed E-state index contributed by atoms with van der Waals surface area (Å²) in [7, 11) is -0.707. The molecule has 0 spiro atoms. The Bertz CT molecular complexity index is 1110. The van der Waals surface area contributed by atoms with Gasteiger partial charge in [-0.3, -0.25) is 9.69 Å². The summed E-state index contributed by atoms with van der Waals surface area (Å²) in [5.74, 6) is -2.01. The second-order valence-corrected chi connectivity index (χ2v) is 9.59. The first kappa shape index (κ1) is 22.8. The van der Waals surface area contributed by atoms with Crippen LogP contribution in [0.1, 0.15) is 24.2 Å². The molecule has 0 aliphatic carbocycles. The lowest BCUT2D eigenvalue weighted by atomic mass is 10.1. The first-order chi connectivity index (χ1) is 14.5. The normalized spacial score (nSPS) is 23.2. The van der Waals surface area contributed by atoms with Crippen molar-refractivity contribution in [1.29, 1.82) is 0 Å². The molecule has 0 radical (unpaired) electrons. The number of nitrogens with zero attached hydrogens (tertiary/aromatic N) is 2. The van der Waals surface area contributed by atoms with Crippen LogP contribution in [0.25, 0.3) is 0 Å². The summed E-state index contributed by atoms with van der Waals surface area (Å²) in [4.78, 5) is 39.3. The van der Waals surface area contributed by atoms with Gasteiger partial charge >= 0.3 is 11.9 Å². The molecule has 1 aromatic rings. The van der Waals surface area contributed by atoms with Gasteiger partial charge in [0.2, 0.25) is 15.7 Å². The van der Waals surface area contributed by atoms with Gasteiger partial charge in [0.15, 0.2) is 5.37 Å². The van der Waals surface area contributed by atoms with E-state index in [4.69, 9.17) is 21.1 Å². The summed E-state index contributed by atoms with van der Waals surface area (Å²) < 4.78 is 36.2. The fourth-order valence-electron chi connectivity index (χ4n) is 3.29. The maximum absolute atomic E-state index is 13.0. The second-order valence-electron chi connectivity index (χ2n) is 7.11. The number of benzene rings is 1. The Morgan fingerprint density at radius 2 is 1.81 bits per heavy atom. The smallest absolute Gasteiger partial charge is 0.360 e. The summed E-state index contributed by atoms with van der Waals surface area (Å²) in [6, 6.07) is 5.65. The number of sulfone groups is 1. The van der Waals surface area contributed by atoms with Crippen LogP contribution in [0.15, 0.2) is 46.6 Å². The minimum absolute atomic E-state index is 0.0787. The number of hydrogen-bond donors (Lipinski definition) is 0. The number of esters is 2. The number of hydrogen-bond acceptors (Lipinski definition) is 8. The molecule has 3 rings (SSSR count). The van der Waals surface area contributed by atoms with Crippen molar-refractivity contribution in [1.82, 2.24) is 9.80 Å². The highest BCUT2D eigenvalue weighted by molar-refractivity contribution is 7.96. The van der Waals surface area contributed by atoms with Crippen molar-refractivity contribution in [2.45, 2.75) is 24.6 Å². The third kappa shape index (κ3) is 3.92. The van der Waals surface area contributed by atoms with E-state index >= 15 is 0 Å². The zero-order valence-corrected chi connectivity index (χ0v) is 18.9. The third-order valence-corrected chi connectivity index (χ3v) is 7.43. The van der Waals surface area contributed by atoms with E-state index in [0.717, 1.165) is 4.90 Å². The molecule has 2 aliphatic rings. The minimum Gasteiger partial charge on any atom is -0.462 e. The van der Waals surface area contributed by atoms with Crippen LogP contribution in [0.3, 0.4) is 0 Å². The van der Waals surface area contributed by atoms with Crippen LogP contribution in [0.2, 0.25) is 0 Å². The number of alkyl halides is 1. The highest BCUT2D eigenvalue weighted by atomic mass is 35.5. The van der Waals surface area contributed by atoms with Crippen molar-refractivity contribution in [3.05, 3.63) is 52.2 Å². The SMILES string of the molecule is CCOC(=O)c1ccc(OC(=O)C2=C(C)/C(=C\N(C)C)S(=O)(=O)[C@@H]3[C@@H](Cl)C(=O)N23)cc1. The Labute approximate surface area is 184 Å². The van der Waals surface area contributed by atoms with Gasteiger partial charge < -0.3 is 14.4 Å². The van der Waals surface area contributed by atoms with Gasteiger partial charge in [-0.2, -0.15) is 0 Å². The predicted molar refractivity (Wildman–Crippen MR) is 112 cm³/mol. The van der Waals surface area contributed by atoms with E-state index in [1.807, 2.05) is 0 Å². The molecule has 0 N–H and O–H groups in total. The largest absolute Gasteiger partial charge is 0.462 e. The predicted octanol–water partition coefficient (Wildman–Crippen LogP) is 1.65.